The Balaban J connectivity index is 1.55. The molecule has 2 atom stereocenters. The van der Waals surface area contributed by atoms with Gasteiger partial charge >= 0.3 is 6.03 Å². The van der Waals surface area contributed by atoms with E-state index in [4.69, 9.17) is 4.84 Å². The van der Waals surface area contributed by atoms with Gasteiger partial charge in [-0.15, -0.1) is 0 Å². The topological polar surface area (TPSA) is 83.0 Å². The maximum absolute atomic E-state index is 12.5. The van der Waals surface area contributed by atoms with Crippen LogP contribution in [0, 0.1) is 12.8 Å². The Morgan fingerprint density at radius 2 is 2.16 bits per heavy atom. The molecule has 2 heterocycles. The molecule has 1 aromatic rings. The summed E-state index contributed by atoms with van der Waals surface area (Å²) in [5.74, 6) is 0.249. The molecule has 7 nitrogen and oxygen atoms in total. The fourth-order valence-corrected chi connectivity index (χ4v) is 3.12. The molecule has 134 valence electrons. The Kier molecular flexibility index (Phi) is 5.21. The molecule has 1 aromatic carbocycles. The van der Waals surface area contributed by atoms with Crippen molar-refractivity contribution in [2.24, 2.45) is 11.1 Å². The molecule has 2 aliphatic rings. The molecule has 2 aliphatic heterocycles. The zero-order valence-corrected chi connectivity index (χ0v) is 14.6. The van der Waals surface area contributed by atoms with Crippen molar-refractivity contribution in [3.05, 3.63) is 29.8 Å². The largest absolute Gasteiger partial charge is 0.391 e. The standard InChI is InChI=1S/C18H24N4O3/c1-12-5-3-7-15(9-12)19-18(24)22-8-4-6-14(11-22)17(23)20-16-10-13(2)25-21-16/h3,5,7,9,13-14H,4,6,8,10-11H2,1-2H3,(H,19,24)(H,20,21,23)/t13-,14+/m1/s1. The van der Waals surface area contributed by atoms with Crippen molar-refractivity contribution in [2.75, 3.05) is 18.4 Å². The normalized spacial score (nSPS) is 22.8. The Hall–Kier alpha value is -2.57. The van der Waals surface area contributed by atoms with Gasteiger partial charge in [-0.3, -0.25) is 4.79 Å². The summed E-state index contributed by atoms with van der Waals surface area (Å²) in [7, 11) is 0. The van der Waals surface area contributed by atoms with Crippen LogP contribution in [0.4, 0.5) is 10.5 Å². The summed E-state index contributed by atoms with van der Waals surface area (Å²) in [6.07, 6.45) is 2.18. The highest BCUT2D eigenvalue weighted by atomic mass is 16.6. The number of carbonyl (C=O) groups is 2. The van der Waals surface area contributed by atoms with Gasteiger partial charge in [0.1, 0.15) is 6.10 Å². The number of amides is 3. The minimum atomic E-state index is -0.226. The quantitative estimate of drug-likeness (QED) is 0.864. The summed E-state index contributed by atoms with van der Waals surface area (Å²) in [4.78, 5) is 31.7. The second kappa shape index (κ2) is 7.55. The van der Waals surface area contributed by atoms with E-state index in [9.17, 15) is 9.59 Å². The van der Waals surface area contributed by atoms with Gasteiger partial charge < -0.3 is 20.4 Å². The summed E-state index contributed by atoms with van der Waals surface area (Å²) < 4.78 is 0. The molecule has 1 saturated heterocycles. The molecule has 3 amide bonds. The first kappa shape index (κ1) is 17.3. The van der Waals surface area contributed by atoms with Crippen LogP contribution >= 0.6 is 0 Å². The second-order valence-electron chi connectivity index (χ2n) is 6.73. The summed E-state index contributed by atoms with van der Waals surface area (Å²) in [5, 5.41) is 9.59. The number of aryl methyl sites for hydroxylation is 1. The Labute approximate surface area is 147 Å². The number of urea groups is 1. The van der Waals surface area contributed by atoms with Gasteiger partial charge in [0.05, 0.1) is 5.92 Å². The number of hydrogen-bond acceptors (Lipinski definition) is 4. The van der Waals surface area contributed by atoms with Gasteiger partial charge in [0, 0.05) is 25.2 Å². The third-order valence-electron chi connectivity index (χ3n) is 4.44. The number of rotatable bonds is 2. The molecule has 0 bridgehead atoms. The van der Waals surface area contributed by atoms with Crippen molar-refractivity contribution < 1.29 is 14.4 Å². The Bertz CT molecular complexity index is 689. The summed E-state index contributed by atoms with van der Waals surface area (Å²) in [6, 6.07) is 7.50. The highest BCUT2D eigenvalue weighted by molar-refractivity contribution is 6.00. The summed E-state index contributed by atoms with van der Waals surface area (Å²) in [5.41, 5.74) is 1.85. The molecule has 0 spiro atoms. The molecule has 25 heavy (non-hydrogen) atoms. The van der Waals surface area contributed by atoms with Crippen molar-refractivity contribution in [3.63, 3.8) is 0 Å². The second-order valence-corrected chi connectivity index (χ2v) is 6.73. The number of oxime groups is 1. The van der Waals surface area contributed by atoms with Crippen LogP contribution in [-0.4, -0.2) is 41.9 Å². The SMILES string of the molecule is Cc1cccc(NC(=O)N2CCC[C@H](C(=O)NC3=NO[C@H](C)C3)C2)c1. The molecule has 0 saturated carbocycles. The van der Waals surface area contributed by atoms with Crippen LogP contribution in [0.5, 0.6) is 0 Å². The van der Waals surface area contributed by atoms with Crippen LogP contribution < -0.4 is 10.6 Å². The number of nitrogens with one attached hydrogen (secondary N) is 2. The molecule has 0 radical (unpaired) electrons. The number of amidine groups is 1. The van der Waals surface area contributed by atoms with Crippen LogP contribution in [0.15, 0.2) is 29.4 Å². The van der Waals surface area contributed by atoms with Crippen LogP contribution in [0.2, 0.25) is 0 Å². The Morgan fingerprint density at radius 1 is 1.32 bits per heavy atom. The van der Waals surface area contributed by atoms with E-state index in [1.165, 1.54) is 0 Å². The van der Waals surface area contributed by atoms with E-state index < -0.39 is 0 Å². The van der Waals surface area contributed by atoms with Crippen LogP contribution in [-0.2, 0) is 9.63 Å². The van der Waals surface area contributed by atoms with E-state index in [0.29, 0.717) is 25.3 Å². The van der Waals surface area contributed by atoms with Gasteiger partial charge in [-0.2, -0.15) is 0 Å². The van der Waals surface area contributed by atoms with Crippen molar-refractivity contribution in [1.82, 2.24) is 10.2 Å². The highest BCUT2D eigenvalue weighted by Gasteiger charge is 2.30. The molecule has 1 fully saturated rings. The first-order valence-corrected chi connectivity index (χ1v) is 8.67. The van der Waals surface area contributed by atoms with Crippen molar-refractivity contribution >= 4 is 23.5 Å². The van der Waals surface area contributed by atoms with Crippen LogP contribution in [0.1, 0.15) is 31.7 Å². The average molecular weight is 344 g/mol. The van der Waals surface area contributed by atoms with Crippen molar-refractivity contribution in [1.29, 1.82) is 0 Å². The molecular weight excluding hydrogens is 320 g/mol. The van der Waals surface area contributed by atoms with E-state index in [-0.39, 0.29) is 24.0 Å². The number of carbonyl (C=O) groups excluding carboxylic acids is 2. The molecule has 0 aliphatic carbocycles. The number of likely N-dealkylation sites (tertiary alicyclic amines) is 1. The summed E-state index contributed by atoms with van der Waals surface area (Å²) >= 11 is 0. The lowest BCUT2D eigenvalue weighted by Gasteiger charge is -2.32. The van der Waals surface area contributed by atoms with Gasteiger partial charge in [-0.1, -0.05) is 17.3 Å². The number of benzene rings is 1. The van der Waals surface area contributed by atoms with Gasteiger partial charge in [-0.25, -0.2) is 4.79 Å². The van der Waals surface area contributed by atoms with Gasteiger partial charge in [0.15, 0.2) is 5.84 Å². The van der Waals surface area contributed by atoms with Crippen molar-refractivity contribution in [3.8, 4) is 0 Å². The minimum absolute atomic E-state index is 0.00161. The molecule has 0 aromatic heterocycles. The van der Waals surface area contributed by atoms with E-state index in [1.54, 1.807) is 4.90 Å². The smallest absolute Gasteiger partial charge is 0.321 e. The molecule has 2 N–H and O–H groups in total. The van der Waals surface area contributed by atoms with E-state index in [1.807, 2.05) is 38.1 Å². The molecule has 0 unspecified atom stereocenters. The van der Waals surface area contributed by atoms with Gasteiger partial charge in [-0.05, 0) is 44.4 Å². The van der Waals surface area contributed by atoms with Crippen LogP contribution in [0.3, 0.4) is 0 Å². The zero-order chi connectivity index (χ0) is 17.8. The van der Waals surface area contributed by atoms with E-state index >= 15 is 0 Å². The minimum Gasteiger partial charge on any atom is -0.391 e. The first-order chi connectivity index (χ1) is 12.0. The first-order valence-electron chi connectivity index (χ1n) is 8.67. The fraction of sp³-hybridized carbons (Fsp3) is 0.500. The van der Waals surface area contributed by atoms with Gasteiger partial charge in [0.25, 0.3) is 0 Å². The Morgan fingerprint density at radius 3 is 2.88 bits per heavy atom. The number of anilines is 1. The maximum atomic E-state index is 12.5. The third kappa shape index (κ3) is 4.49. The van der Waals surface area contributed by atoms with Crippen molar-refractivity contribution in [2.45, 2.75) is 39.2 Å². The predicted octanol–water partition coefficient (Wildman–Crippen LogP) is 2.48. The lowest BCUT2D eigenvalue weighted by atomic mass is 9.97. The number of piperidine rings is 1. The lowest BCUT2D eigenvalue weighted by molar-refractivity contribution is -0.124. The highest BCUT2D eigenvalue weighted by Crippen LogP contribution is 2.19. The average Bonchev–Trinajstić information content (AvgIpc) is 3.00. The number of hydrogen-bond donors (Lipinski definition) is 2. The molecule has 7 heteroatoms. The molecule has 3 rings (SSSR count). The van der Waals surface area contributed by atoms with E-state index in [0.717, 1.165) is 24.1 Å². The predicted molar refractivity (Wildman–Crippen MR) is 95.2 cm³/mol. The monoisotopic (exact) mass is 344 g/mol. The fourth-order valence-electron chi connectivity index (χ4n) is 3.12. The lowest BCUT2D eigenvalue weighted by Crippen LogP contribution is -2.47. The summed E-state index contributed by atoms with van der Waals surface area (Å²) in [6.45, 7) is 4.95. The van der Waals surface area contributed by atoms with Crippen LogP contribution in [0.25, 0.3) is 0 Å². The third-order valence-corrected chi connectivity index (χ3v) is 4.44. The maximum Gasteiger partial charge on any atom is 0.321 e. The molecular formula is C18H24N4O3. The zero-order valence-electron chi connectivity index (χ0n) is 14.6. The number of nitrogens with zero attached hydrogens (tertiary/aromatic N) is 2. The van der Waals surface area contributed by atoms with Gasteiger partial charge in [0.2, 0.25) is 5.91 Å². The van der Waals surface area contributed by atoms with E-state index in [2.05, 4.69) is 15.8 Å².